The Morgan fingerprint density at radius 2 is 0.703 bits per heavy atom. The molecule has 4 heterocycles. The van der Waals surface area contributed by atoms with E-state index in [2.05, 4.69) is 95.1 Å². The van der Waals surface area contributed by atoms with Gasteiger partial charge in [0.25, 0.3) is 0 Å². The van der Waals surface area contributed by atoms with E-state index in [1.807, 2.05) is 24.3 Å². The molecule has 0 fully saturated rings. The Morgan fingerprint density at radius 1 is 0.459 bits per heavy atom. The molecule has 188 valence electrons. The molecule has 3 aromatic rings. The van der Waals surface area contributed by atoms with E-state index < -0.39 is 10.9 Å². The molecular formula is C28H16N4NiO2S2-6. The van der Waals surface area contributed by atoms with E-state index in [0.29, 0.717) is 0 Å². The van der Waals surface area contributed by atoms with Gasteiger partial charge >= 0.3 is 0 Å². The summed E-state index contributed by atoms with van der Waals surface area (Å²) in [4.78, 5) is 20.4. The van der Waals surface area contributed by atoms with Crippen molar-refractivity contribution in [2.75, 3.05) is 0 Å². The van der Waals surface area contributed by atoms with Crippen LogP contribution >= 0.6 is 0 Å². The Balaban J connectivity index is 0.000000133. The van der Waals surface area contributed by atoms with Crippen LogP contribution in [0.2, 0.25) is 0 Å². The van der Waals surface area contributed by atoms with Crippen molar-refractivity contribution in [1.29, 1.82) is 0 Å². The summed E-state index contributed by atoms with van der Waals surface area (Å²) in [5.74, 6) is 0. The Kier molecular flexibility index (Phi) is 8.09. The predicted molar refractivity (Wildman–Crippen MR) is 150 cm³/mol. The second kappa shape index (κ2) is 11.4. The van der Waals surface area contributed by atoms with Crippen molar-refractivity contribution in [3.63, 3.8) is 0 Å². The number of benzene rings is 2. The largest absolute Gasteiger partial charge is 0.777 e. The van der Waals surface area contributed by atoms with Crippen LogP contribution in [0.3, 0.4) is 0 Å². The van der Waals surface area contributed by atoms with Gasteiger partial charge in [0.1, 0.15) is 0 Å². The van der Waals surface area contributed by atoms with Gasteiger partial charge in [0.2, 0.25) is 10.9 Å². The summed E-state index contributed by atoms with van der Waals surface area (Å²) in [7, 11) is 0. The molecule has 0 aromatic heterocycles. The standard InChI is InChI=1S/2C12H8N2.C4H2O2S2.Ni/c2*1-3-9-5-6-10-4-2-8-14-12(10)11(9)13-7-1;5-1-2(6)4(8)3(1)7;/h2*1-8H;7-8H;/q2*-2;;/p-2. The van der Waals surface area contributed by atoms with Crippen molar-refractivity contribution in [3.05, 3.63) is 136 Å². The molecule has 0 radical (unpaired) electrons. The van der Waals surface area contributed by atoms with Crippen LogP contribution in [0.5, 0.6) is 0 Å². The number of rotatable bonds is 0. The molecule has 0 bridgehead atoms. The quantitative estimate of drug-likeness (QED) is 0.237. The van der Waals surface area contributed by atoms with Crippen LogP contribution in [0, 0.1) is 0 Å². The summed E-state index contributed by atoms with van der Waals surface area (Å²) in [5, 5.41) is 21.9. The Morgan fingerprint density at radius 3 is 0.919 bits per heavy atom. The average molecular weight is 563 g/mol. The SMILES string of the molecule is C1=C[N-]c2c3c(ccc2=C1)=CC=C[N-]3.C1=C[N-]c2c3c(ccc2=C1)=CC=C[N-]3.O=c1c([S-])c([S-])c1=O.[Ni]. The van der Waals surface area contributed by atoms with Crippen molar-refractivity contribution >= 4 is 72.3 Å². The van der Waals surface area contributed by atoms with Crippen LogP contribution in [0.1, 0.15) is 0 Å². The number of allylic oxidation sites excluding steroid dienone is 4. The molecule has 0 spiro atoms. The minimum absolute atomic E-state index is 0. The second-order valence-corrected chi connectivity index (χ2v) is 8.56. The van der Waals surface area contributed by atoms with E-state index in [-0.39, 0.29) is 26.3 Å². The normalized spacial score (nSPS) is 13.8. The molecule has 0 saturated heterocycles. The van der Waals surface area contributed by atoms with E-state index in [9.17, 15) is 9.59 Å². The van der Waals surface area contributed by atoms with Crippen LogP contribution in [0.15, 0.2) is 92.7 Å². The third-order valence-electron chi connectivity index (χ3n) is 5.51. The molecule has 9 heteroatoms. The Bertz CT molecular complexity index is 1580. The van der Waals surface area contributed by atoms with Crippen LogP contribution in [0.4, 0.5) is 22.7 Å². The Hall–Kier alpha value is -3.91. The van der Waals surface area contributed by atoms with Gasteiger partial charge in [0.05, 0.1) is 0 Å². The summed E-state index contributed by atoms with van der Waals surface area (Å²) in [6.07, 6.45) is 23.2. The van der Waals surface area contributed by atoms with Crippen molar-refractivity contribution in [3.8, 4) is 0 Å². The molecule has 0 saturated carbocycles. The zero-order valence-corrected chi connectivity index (χ0v) is 21.6. The average Bonchev–Trinajstić information content (AvgIpc) is 2.96. The minimum Gasteiger partial charge on any atom is -0.777 e. The first-order valence-electron chi connectivity index (χ1n) is 10.9. The minimum atomic E-state index is -0.606. The molecule has 7 rings (SSSR count). The maximum atomic E-state index is 10.2. The third kappa shape index (κ3) is 5.29. The zero-order chi connectivity index (χ0) is 25.1. The van der Waals surface area contributed by atoms with E-state index >= 15 is 0 Å². The predicted octanol–water partition coefficient (Wildman–Crippen LogP) is 3.72. The zero-order valence-electron chi connectivity index (χ0n) is 19.0. The smallest absolute Gasteiger partial charge is 0.203 e. The summed E-state index contributed by atoms with van der Waals surface area (Å²) in [6, 6.07) is 8.30. The first-order valence-corrected chi connectivity index (χ1v) is 11.7. The number of fused-ring (bicyclic) bond motifs is 6. The summed E-state index contributed by atoms with van der Waals surface area (Å²) in [6.45, 7) is 0. The summed E-state index contributed by atoms with van der Waals surface area (Å²) < 4.78 is 0. The molecule has 3 aromatic carbocycles. The van der Waals surface area contributed by atoms with E-state index in [0.717, 1.165) is 43.6 Å². The first-order chi connectivity index (χ1) is 17.5. The molecular weight excluding hydrogens is 547 g/mol. The van der Waals surface area contributed by atoms with Crippen molar-refractivity contribution in [1.82, 2.24) is 0 Å². The fraction of sp³-hybridized carbons (Fsp3) is 0. The molecule has 6 nitrogen and oxygen atoms in total. The summed E-state index contributed by atoms with van der Waals surface area (Å²) in [5.41, 5.74) is 2.70. The van der Waals surface area contributed by atoms with E-state index in [1.54, 1.807) is 24.8 Å². The maximum absolute atomic E-state index is 10.2. The van der Waals surface area contributed by atoms with Crippen LogP contribution in [-0.2, 0) is 41.7 Å². The van der Waals surface area contributed by atoms with E-state index in [4.69, 9.17) is 0 Å². The van der Waals surface area contributed by atoms with Gasteiger partial charge < -0.3 is 46.5 Å². The van der Waals surface area contributed by atoms with Crippen molar-refractivity contribution < 1.29 is 16.5 Å². The van der Waals surface area contributed by atoms with Gasteiger partial charge in [0.15, 0.2) is 0 Å². The van der Waals surface area contributed by atoms with Gasteiger partial charge in [-0.15, -0.1) is 32.5 Å². The fourth-order valence-corrected chi connectivity index (χ4v) is 4.08. The molecule has 37 heavy (non-hydrogen) atoms. The van der Waals surface area contributed by atoms with E-state index in [1.165, 1.54) is 0 Å². The first kappa shape index (κ1) is 26.2. The molecule has 0 unspecified atom stereocenters. The molecule has 0 atom stereocenters. The maximum Gasteiger partial charge on any atom is 0.203 e. The molecule has 0 N–H and O–H groups in total. The van der Waals surface area contributed by atoms with Crippen molar-refractivity contribution in [2.45, 2.75) is 9.79 Å². The number of hydrogen-bond donors (Lipinski definition) is 0. The van der Waals surface area contributed by atoms with Crippen LogP contribution in [0.25, 0.3) is 45.6 Å². The molecule has 0 aliphatic carbocycles. The van der Waals surface area contributed by atoms with Crippen LogP contribution < -0.4 is 31.7 Å². The molecule has 4 aliphatic rings. The summed E-state index contributed by atoms with van der Waals surface area (Å²) >= 11 is 8.79. The van der Waals surface area contributed by atoms with Crippen LogP contribution in [-0.4, -0.2) is 0 Å². The van der Waals surface area contributed by atoms with Crippen molar-refractivity contribution in [2.24, 2.45) is 0 Å². The fourth-order valence-electron chi connectivity index (χ4n) is 3.71. The van der Waals surface area contributed by atoms with Gasteiger partial charge in [-0.25, -0.2) is 0 Å². The third-order valence-corrected chi connectivity index (χ3v) is 6.42. The topological polar surface area (TPSA) is 90.5 Å². The van der Waals surface area contributed by atoms with Gasteiger partial charge in [-0.3, -0.25) is 9.59 Å². The Labute approximate surface area is 233 Å². The van der Waals surface area contributed by atoms with Gasteiger partial charge in [-0.1, -0.05) is 72.9 Å². The van der Waals surface area contributed by atoms with Gasteiger partial charge in [-0.05, 0) is 20.9 Å². The van der Waals surface area contributed by atoms with Gasteiger partial charge in [0, 0.05) is 16.5 Å². The monoisotopic (exact) mass is 562 g/mol. The van der Waals surface area contributed by atoms with Gasteiger partial charge in [-0.2, -0.15) is 24.8 Å². The second-order valence-electron chi connectivity index (χ2n) is 7.75. The number of hydrogen-bond acceptors (Lipinski definition) is 4. The molecule has 4 aliphatic heterocycles. The number of nitrogens with zero attached hydrogens (tertiary/aromatic N) is 4. The molecule has 0 amide bonds.